The highest BCUT2D eigenvalue weighted by Gasteiger charge is 2.57. The van der Waals surface area contributed by atoms with E-state index in [2.05, 4.69) is 6.58 Å². The maximum Gasteiger partial charge on any atom is 0.258 e. The molecule has 1 amide bonds. The summed E-state index contributed by atoms with van der Waals surface area (Å²) in [6.07, 6.45) is -1.20. The molecule has 0 radical (unpaired) electrons. The van der Waals surface area contributed by atoms with Crippen molar-refractivity contribution in [1.82, 2.24) is 0 Å². The van der Waals surface area contributed by atoms with Crippen LogP contribution in [-0.2, 0) is 9.53 Å². The van der Waals surface area contributed by atoms with Crippen molar-refractivity contribution in [2.45, 2.75) is 25.2 Å². The molecule has 2 aliphatic heterocycles. The van der Waals surface area contributed by atoms with Crippen LogP contribution in [0.2, 0.25) is 0 Å². The van der Waals surface area contributed by atoms with Gasteiger partial charge in [0.1, 0.15) is 5.75 Å². The number of carbonyl (C=O) groups is 1. The SMILES string of the molecule is C=C(C)[C@@H]1CO[C@H]2C(=O)N(c3ccc(OC)cc3)[C@H]2[C@@H]1O. The van der Waals surface area contributed by atoms with Gasteiger partial charge in [-0.2, -0.15) is 0 Å². The number of nitrogens with zero attached hydrogens (tertiary/aromatic N) is 1. The Morgan fingerprint density at radius 3 is 2.67 bits per heavy atom. The molecule has 5 nitrogen and oxygen atoms in total. The molecular weight excluding hydrogens is 270 g/mol. The van der Waals surface area contributed by atoms with Gasteiger partial charge in [0, 0.05) is 11.6 Å². The van der Waals surface area contributed by atoms with Gasteiger partial charge in [0.05, 0.1) is 25.9 Å². The minimum Gasteiger partial charge on any atom is -0.497 e. The van der Waals surface area contributed by atoms with E-state index < -0.39 is 12.2 Å². The van der Waals surface area contributed by atoms with Gasteiger partial charge in [0.2, 0.25) is 0 Å². The molecule has 21 heavy (non-hydrogen) atoms. The number of hydrogen-bond acceptors (Lipinski definition) is 4. The number of ether oxygens (including phenoxy) is 2. The van der Waals surface area contributed by atoms with E-state index in [1.807, 2.05) is 19.1 Å². The van der Waals surface area contributed by atoms with Gasteiger partial charge in [-0.1, -0.05) is 12.2 Å². The highest BCUT2D eigenvalue weighted by atomic mass is 16.5. The Morgan fingerprint density at radius 1 is 1.43 bits per heavy atom. The zero-order valence-corrected chi connectivity index (χ0v) is 12.2. The molecule has 0 saturated carbocycles. The topological polar surface area (TPSA) is 59.0 Å². The predicted molar refractivity (Wildman–Crippen MR) is 78.3 cm³/mol. The standard InChI is InChI=1S/C16H19NO4/c1-9(2)12-8-21-15-13(14(12)18)17(16(15)19)10-4-6-11(20-3)7-5-10/h4-7,12-15,18H,1,8H2,2-3H3/t12-,13-,14+,15+/m0/s1. The second-order valence-electron chi connectivity index (χ2n) is 5.59. The number of rotatable bonds is 3. The van der Waals surface area contributed by atoms with Gasteiger partial charge < -0.3 is 19.5 Å². The third kappa shape index (κ3) is 2.13. The van der Waals surface area contributed by atoms with Crippen LogP contribution in [0.4, 0.5) is 5.69 Å². The molecule has 1 aromatic carbocycles. The van der Waals surface area contributed by atoms with Crippen molar-refractivity contribution >= 4 is 11.6 Å². The minimum atomic E-state index is -0.652. The first-order valence-electron chi connectivity index (χ1n) is 6.97. The first-order valence-corrected chi connectivity index (χ1v) is 6.97. The number of carbonyl (C=O) groups excluding carboxylic acids is 1. The Balaban J connectivity index is 1.85. The summed E-state index contributed by atoms with van der Waals surface area (Å²) in [4.78, 5) is 13.8. The Kier molecular flexibility index (Phi) is 3.47. The fourth-order valence-electron chi connectivity index (χ4n) is 3.00. The van der Waals surface area contributed by atoms with Crippen LogP contribution in [0.3, 0.4) is 0 Å². The molecule has 0 unspecified atom stereocenters. The molecule has 2 fully saturated rings. The molecule has 5 heteroatoms. The summed E-state index contributed by atoms with van der Waals surface area (Å²) in [5, 5.41) is 10.5. The molecule has 0 spiro atoms. The van der Waals surface area contributed by atoms with E-state index in [4.69, 9.17) is 9.47 Å². The van der Waals surface area contributed by atoms with Crippen molar-refractivity contribution in [2.75, 3.05) is 18.6 Å². The normalized spacial score (nSPS) is 31.4. The Bertz CT molecular complexity index is 568. The number of anilines is 1. The van der Waals surface area contributed by atoms with Crippen LogP contribution < -0.4 is 9.64 Å². The number of methoxy groups -OCH3 is 1. The zero-order valence-electron chi connectivity index (χ0n) is 12.2. The lowest BCUT2D eigenvalue weighted by Crippen LogP contribution is -2.74. The second kappa shape index (κ2) is 5.16. The first kappa shape index (κ1) is 14.1. The van der Waals surface area contributed by atoms with Crippen molar-refractivity contribution in [3.05, 3.63) is 36.4 Å². The monoisotopic (exact) mass is 289 g/mol. The van der Waals surface area contributed by atoms with Gasteiger partial charge in [-0.05, 0) is 31.2 Å². The van der Waals surface area contributed by atoms with E-state index in [1.165, 1.54) is 0 Å². The van der Waals surface area contributed by atoms with Crippen LogP contribution in [0.5, 0.6) is 5.75 Å². The summed E-state index contributed by atoms with van der Waals surface area (Å²) in [6.45, 7) is 6.11. The number of fused-ring (bicyclic) bond motifs is 1. The van der Waals surface area contributed by atoms with Crippen LogP contribution in [0, 0.1) is 5.92 Å². The van der Waals surface area contributed by atoms with Crippen LogP contribution in [0.25, 0.3) is 0 Å². The Morgan fingerprint density at radius 2 is 2.10 bits per heavy atom. The molecule has 3 rings (SSSR count). The Labute approximate surface area is 123 Å². The quantitative estimate of drug-likeness (QED) is 0.674. The molecule has 2 heterocycles. The van der Waals surface area contributed by atoms with Gasteiger partial charge in [-0.25, -0.2) is 0 Å². The minimum absolute atomic E-state index is 0.107. The van der Waals surface area contributed by atoms with E-state index in [1.54, 1.807) is 24.1 Å². The van der Waals surface area contributed by atoms with Gasteiger partial charge >= 0.3 is 0 Å². The van der Waals surface area contributed by atoms with Crippen LogP contribution in [0.15, 0.2) is 36.4 Å². The van der Waals surface area contributed by atoms with Crippen molar-refractivity contribution in [1.29, 1.82) is 0 Å². The lowest BCUT2D eigenvalue weighted by atomic mass is 9.80. The molecule has 1 aromatic rings. The van der Waals surface area contributed by atoms with E-state index in [0.717, 1.165) is 17.0 Å². The lowest BCUT2D eigenvalue weighted by molar-refractivity contribution is -0.163. The van der Waals surface area contributed by atoms with Gasteiger partial charge in [0.25, 0.3) is 5.91 Å². The van der Waals surface area contributed by atoms with Gasteiger partial charge in [-0.15, -0.1) is 0 Å². The van der Waals surface area contributed by atoms with Crippen molar-refractivity contribution in [2.24, 2.45) is 5.92 Å². The highest BCUT2D eigenvalue weighted by molar-refractivity contribution is 6.05. The molecule has 0 bridgehead atoms. The molecular formula is C16H19NO4. The van der Waals surface area contributed by atoms with Crippen molar-refractivity contribution in [3.8, 4) is 5.75 Å². The fourth-order valence-corrected chi connectivity index (χ4v) is 3.00. The second-order valence-corrected chi connectivity index (χ2v) is 5.59. The zero-order chi connectivity index (χ0) is 15.1. The maximum atomic E-state index is 12.2. The molecule has 0 aliphatic carbocycles. The fraction of sp³-hybridized carbons (Fsp3) is 0.438. The van der Waals surface area contributed by atoms with E-state index >= 15 is 0 Å². The summed E-state index contributed by atoms with van der Waals surface area (Å²) in [5.74, 6) is 0.480. The van der Waals surface area contributed by atoms with E-state index in [-0.39, 0.29) is 17.9 Å². The maximum absolute atomic E-state index is 12.2. The molecule has 0 aromatic heterocycles. The number of aliphatic hydroxyl groups is 1. The number of benzene rings is 1. The first-order chi connectivity index (χ1) is 10.0. The summed E-state index contributed by atoms with van der Waals surface area (Å²) in [7, 11) is 1.59. The third-order valence-corrected chi connectivity index (χ3v) is 4.29. The van der Waals surface area contributed by atoms with Crippen molar-refractivity contribution in [3.63, 3.8) is 0 Å². The summed E-state index contributed by atoms with van der Waals surface area (Å²) >= 11 is 0. The molecule has 112 valence electrons. The molecule has 1 N–H and O–H groups in total. The predicted octanol–water partition coefficient (Wildman–Crippen LogP) is 1.36. The van der Waals surface area contributed by atoms with E-state index in [0.29, 0.717) is 6.61 Å². The summed E-state index contributed by atoms with van der Waals surface area (Å²) in [6, 6.07) is 6.86. The van der Waals surface area contributed by atoms with Gasteiger partial charge in [0.15, 0.2) is 6.10 Å². The number of hydrogen-bond donors (Lipinski definition) is 1. The van der Waals surface area contributed by atoms with Crippen LogP contribution in [0.1, 0.15) is 6.92 Å². The summed E-state index contributed by atoms with van der Waals surface area (Å²) < 4.78 is 10.7. The smallest absolute Gasteiger partial charge is 0.258 e. The van der Waals surface area contributed by atoms with E-state index in [9.17, 15) is 9.90 Å². The molecule has 2 saturated heterocycles. The average molecular weight is 289 g/mol. The summed E-state index contributed by atoms with van der Waals surface area (Å²) in [5.41, 5.74) is 1.61. The van der Waals surface area contributed by atoms with Crippen LogP contribution in [-0.4, -0.2) is 43.0 Å². The lowest BCUT2D eigenvalue weighted by Gasteiger charge is -2.53. The number of aliphatic hydroxyl groups excluding tert-OH is 1. The van der Waals surface area contributed by atoms with Crippen molar-refractivity contribution < 1.29 is 19.4 Å². The number of β-lactam (4-membered cyclic amide) rings is 1. The molecule has 4 atom stereocenters. The van der Waals surface area contributed by atoms with Gasteiger partial charge in [-0.3, -0.25) is 4.79 Å². The van der Waals surface area contributed by atoms with Crippen LogP contribution >= 0.6 is 0 Å². The third-order valence-electron chi connectivity index (χ3n) is 4.29. The largest absolute Gasteiger partial charge is 0.497 e. The number of amides is 1. The molecule has 2 aliphatic rings. The Hall–Kier alpha value is -1.85. The average Bonchev–Trinajstić information content (AvgIpc) is 2.48. The highest BCUT2D eigenvalue weighted by Crippen LogP contribution is 2.39.